The zero-order chi connectivity index (χ0) is 12.8. The van der Waals surface area contributed by atoms with Crippen molar-refractivity contribution in [2.24, 2.45) is 0 Å². The minimum absolute atomic E-state index is 0.199. The van der Waals surface area contributed by atoms with E-state index in [4.69, 9.17) is 0 Å². The van der Waals surface area contributed by atoms with Crippen LogP contribution in [0.3, 0.4) is 0 Å². The third-order valence-corrected chi connectivity index (χ3v) is 3.72. The molecule has 0 spiro atoms. The largest absolute Gasteiger partial charge is 0.416 e. The monoisotopic (exact) mass is 261 g/mol. The number of benzene rings is 1. The molecule has 1 N–H and O–H groups in total. The summed E-state index contributed by atoms with van der Waals surface area (Å²) < 4.78 is 36.8. The van der Waals surface area contributed by atoms with Gasteiger partial charge in [0.05, 0.1) is 16.0 Å². The van der Waals surface area contributed by atoms with Crippen LogP contribution in [-0.4, -0.2) is 10.7 Å². The van der Waals surface area contributed by atoms with Crippen molar-refractivity contribution < 1.29 is 18.0 Å². The summed E-state index contributed by atoms with van der Waals surface area (Å²) in [5, 5.41) is 2.60. The highest BCUT2D eigenvalue weighted by molar-refractivity contribution is 8.01. The highest BCUT2D eigenvalue weighted by Crippen LogP contribution is 2.44. The summed E-state index contributed by atoms with van der Waals surface area (Å²) >= 11 is 1.14. The highest BCUT2D eigenvalue weighted by atomic mass is 32.2. The number of amides is 1. The topological polar surface area (TPSA) is 29.1 Å². The van der Waals surface area contributed by atoms with Gasteiger partial charge in [0.15, 0.2) is 0 Å². The van der Waals surface area contributed by atoms with Crippen molar-refractivity contribution in [3.63, 3.8) is 0 Å². The first kappa shape index (κ1) is 12.3. The standard InChI is InChI=1S/C11H10F3NOS/c1-10(2)9(16)15-7-4-3-6(11(12,13)14)5-8(7)17-10/h3-5H,1-2H3,(H,15,16). The third-order valence-electron chi connectivity index (χ3n) is 2.47. The van der Waals surface area contributed by atoms with E-state index in [-0.39, 0.29) is 5.91 Å². The highest BCUT2D eigenvalue weighted by Gasteiger charge is 2.37. The van der Waals surface area contributed by atoms with Crippen molar-refractivity contribution >= 4 is 23.4 Å². The lowest BCUT2D eigenvalue weighted by molar-refractivity contribution is -0.137. The number of thioether (sulfide) groups is 1. The SMILES string of the molecule is CC1(C)Sc2cc(C(F)(F)F)ccc2NC1=O. The molecule has 1 aromatic carbocycles. The van der Waals surface area contributed by atoms with Crippen LogP contribution < -0.4 is 5.32 Å². The second-order valence-electron chi connectivity index (χ2n) is 4.28. The Bertz CT molecular complexity index is 482. The molecule has 1 aliphatic heterocycles. The molecule has 0 radical (unpaired) electrons. The number of alkyl halides is 3. The lowest BCUT2D eigenvalue weighted by atomic mass is 10.1. The first-order valence-corrected chi connectivity index (χ1v) is 5.73. The van der Waals surface area contributed by atoms with Crippen LogP contribution in [0.5, 0.6) is 0 Å². The number of fused-ring (bicyclic) bond motifs is 1. The fraction of sp³-hybridized carbons (Fsp3) is 0.364. The van der Waals surface area contributed by atoms with Crippen molar-refractivity contribution in [1.29, 1.82) is 0 Å². The summed E-state index contributed by atoms with van der Waals surface area (Å²) in [5.74, 6) is -0.199. The van der Waals surface area contributed by atoms with E-state index in [1.54, 1.807) is 13.8 Å². The molecule has 2 rings (SSSR count). The predicted molar refractivity (Wildman–Crippen MR) is 60.0 cm³/mol. The van der Waals surface area contributed by atoms with Gasteiger partial charge in [0.1, 0.15) is 0 Å². The summed E-state index contributed by atoms with van der Waals surface area (Å²) in [6.45, 7) is 3.35. The number of anilines is 1. The molecule has 0 aromatic heterocycles. The Balaban J connectivity index is 2.45. The molecule has 1 aromatic rings. The molecule has 0 unspecified atom stereocenters. The smallest absolute Gasteiger partial charge is 0.324 e. The Morgan fingerprint density at radius 1 is 1.29 bits per heavy atom. The van der Waals surface area contributed by atoms with Crippen molar-refractivity contribution in [2.75, 3.05) is 5.32 Å². The summed E-state index contributed by atoms with van der Waals surface area (Å²) in [6, 6.07) is 3.33. The Labute approximate surface area is 101 Å². The third kappa shape index (κ3) is 2.26. The first-order chi connectivity index (χ1) is 7.70. The average Bonchev–Trinajstić information content (AvgIpc) is 2.17. The average molecular weight is 261 g/mol. The van der Waals surface area contributed by atoms with Crippen molar-refractivity contribution in [3.05, 3.63) is 23.8 Å². The molecule has 2 nitrogen and oxygen atoms in total. The summed E-state index contributed by atoms with van der Waals surface area (Å²) in [4.78, 5) is 12.1. The van der Waals surface area contributed by atoms with Gasteiger partial charge >= 0.3 is 6.18 Å². The minimum Gasteiger partial charge on any atom is -0.324 e. The zero-order valence-corrected chi connectivity index (χ0v) is 10.00. The normalized spacial score (nSPS) is 18.5. The van der Waals surface area contributed by atoms with Crippen LogP contribution in [0, 0.1) is 0 Å². The lowest BCUT2D eigenvalue weighted by Crippen LogP contribution is -2.37. The van der Waals surface area contributed by atoms with Gasteiger partial charge in [0.25, 0.3) is 0 Å². The van der Waals surface area contributed by atoms with Gasteiger partial charge in [0, 0.05) is 4.90 Å². The van der Waals surface area contributed by atoms with Crippen LogP contribution in [0.2, 0.25) is 0 Å². The predicted octanol–water partition coefficient (Wildman–Crippen LogP) is 3.53. The molecule has 1 heterocycles. The van der Waals surface area contributed by atoms with Gasteiger partial charge in [-0.2, -0.15) is 13.2 Å². The van der Waals surface area contributed by atoms with Crippen molar-refractivity contribution in [2.45, 2.75) is 29.7 Å². The molecule has 6 heteroatoms. The molecule has 17 heavy (non-hydrogen) atoms. The van der Waals surface area contributed by atoms with Gasteiger partial charge < -0.3 is 5.32 Å². The van der Waals surface area contributed by atoms with Gasteiger partial charge in [0.2, 0.25) is 5.91 Å². The van der Waals surface area contributed by atoms with Gasteiger partial charge in [-0.1, -0.05) is 0 Å². The molecule has 92 valence electrons. The van der Waals surface area contributed by atoms with E-state index in [1.807, 2.05) is 0 Å². The number of hydrogen-bond donors (Lipinski definition) is 1. The van der Waals surface area contributed by atoms with E-state index in [1.165, 1.54) is 6.07 Å². The number of hydrogen-bond acceptors (Lipinski definition) is 2. The number of carbonyl (C=O) groups is 1. The van der Waals surface area contributed by atoms with E-state index < -0.39 is 16.5 Å². The summed E-state index contributed by atoms with van der Waals surface area (Å²) in [5.41, 5.74) is -0.261. The van der Waals surface area contributed by atoms with Gasteiger partial charge in [-0.15, -0.1) is 11.8 Å². The molecule has 0 aliphatic carbocycles. The maximum absolute atomic E-state index is 12.5. The quantitative estimate of drug-likeness (QED) is 0.774. The lowest BCUT2D eigenvalue weighted by Gasteiger charge is -2.30. The Kier molecular flexibility index (Phi) is 2.65. The molecule has 0 bridgehead atoms. The van der Waals surface area contributed by atoms with Crippen LogP contribution in [0.15, 0.2) is 23.1 Å². The number of rotatable bonds is 0. The van der Waals surface area contributed by atoms with Crippen molar-refractivity contribution in [3.8, 4) is 0 Å². The Morgan fingerprint density at radius 2 is 1.94 bits per heavy atom. The van der Waals surface area contributed by atoms with Crippen molar-refractivity contribution in [1.82, 2.24) is 0 Å². The van der Waals surface area contributed by atoms with Crippen LogP contribution in [-0.2, 0) is 11.0 Å². The maximum atomic E-state index is 12.5. The molecular weight excluding hydrogens is 251 g/mol. The molecule has 1 amide bonds. The second kappa shape index (κ2) is 3.66. The van der Waals surface area contributed by atoms with Crippen LogP contribution >= 0.6 is 11.8 Å². The number of nitrogens with one attached hydrogen (secondary N) is 1. The second-order valence-corrected chi connectivity index (χ2v) is 5.94. The van der Waals surface area contributed by atoms with Gasteiger partial charge in [-0.05, 0) is 32.0 Å². The fourth-order valence-corrected chi connectivity index (χ4v) is 2.59. The van der Waals surface area contributed by atoms with Gasteiger partial charge in [-0.25, -0.2) is 0 Å². The summed E-state index contributed by atoms with van der Waals surface area (Å²) in [7, 11) is 0. The maximum Gasteiger partial charge on any atom is 0.416 e. The minimum atomic E-state index is -4.36. The van der Waals surface area contributed by atoms with E-state index >= 15 is 0 Å². The molecule has 0 saturated heterocycles. The van der Waals surface area contributed by atoms with E-state index in [0.717, 1.165) is 23.9 Å². The van der Waals surface area contributed by atoms with E-state index in [9.17, 15) is 18.0 Å². The Morgan fingerprint density at radius 3 is 2.53 bits per heavy atom. The number of carbonyl (C=O) groups excluding carboxylic acids is 1. The van der Waals surface area contributed by atoms with Crippen LogP contribution in [0.4, 0.5) is 18.9 Å². The van der Waals surface area contributed by atoms with E-state index in [0.29, 0.717) is 10.6 Å². The molecule has 0 atom stereocenters. The van der Waals surface area contributed by atoms with Crippen LogP contribution in [0.25, 0.3) is 0 Å². The molecule has 0 saturated carbocycles. The summed E-state index contributed by atoms with van der Waals surface area (Å²) in [6.07, 6.45) is -4.36. The van der Waals surface area contributed by atoms with Crippen LogP contribution in [0.1, 0.15) is 19.4 Å². The van der Waals surface area contributed by atoms with E-state index in [2.05, 4.69) is 5.32 Å². The molecule has 0 fully saturated rings. The zero-order valence-electron chi connectivity index (χ0n) is 9.18. The Hall–Kier alpha value is -1.17. The number of halogens is 3. The fourth-order valence-electron chi connectivity index (χ4n) is 1.48. The first-order valence-electron chi connectivity index (χ1n) is 4.92. The molecular formula is C11H10F3NOS. The van der Waals surface area contributed by atoms with Gasteiger partial charge in [-0.3, -0.25) is 4.79 Å². The molecule has 1 aliphatic rings.